The van der Waals surface area contributed by atoms with Crippen molar-refractivity contribution in [1.82, 2.24) is 10.2 Å². The zero-order chi connectivity index (χ0) is 15.3. The maximum absolute atomic E-state index is 11.8. The summed E-state index contributed by atoms with van der Waals surface area (Å²) in [6.07, 6.45) is 0.690. The first-order valence-corrected chi connectivity index (χ1v) is 6.16. The third-order valence-electron chi connectivity index (χ3n) is 3.03. The molecule has 1 rings (SSSR count). The molecule has 0 radical (unpaired) electrons. The first kappa shape index (κ1) is 15.9. The molecule has 1 saturated heterocycles. The second kappa shape index (κ2) is 6.85. The molecule has 1 heterocycles. The number of carbonyl (C=O) groups excluding carboxylic acids is 3. The number of primary amides is 1. The number of amides is 3. The molecule has 1 aliphatic heterocycles. The summed E-state index contributed by atoms with van der Waals surface area (Å²) in [5.41, 5.74) is 10.3. The van der Waals surface area contributed by atoms with Gasteiger partial charge in [0.2, 0.25) is 17.7 Å². The predicted octanol–water partition coefficient (Wildman–Crippen LogP) is -2.62. The van der Waals surface area contributed by atoms with Crippen molar-refractivity contribution in [3.63, 3.8) is 0 Å². The number of nitrogens with zero attached hydrogens (tertiary/aromatic N) is 1. The lowest BCUT2D eigenvalue weighted by atomic mass is 10.2. The second-order valence-electron chi connectivity index (χ2n) is 4.58. The third-order valence-corrected chi connectivity index (χ3v) is 3.03. The van der Waals surface area contributed by atoms with Gasteiger partial charge in [0.15, 0.2) is 0 Å². The molecule has 0 unspecified atom stereocenters. The van der Waals surface area contributed by atoms with Gasteiger partial charge >= 0.3 is 5.97 Å². The van der Waals surface area contributed by atoms with E-state index >= 15 is 0 Å². The molecule has 0 aromatic rings. The Hall–Kier alpha value is -2.16. The Morgan fingerprint density at radius 1 is 1.35 bits per heavy atom. The fourth-order valence-corrected chi connectivity index (χ4v) is 2.03. The Bertz CT molecular complexity index is 425. The highest BCUT2D eigenvalue weighted by molar-refractivity contribution is 5.91. The van der Waals surface area contributed by atoms with Crippen molar-refractivity contribution in [3.05, 3.63) is 0 Å². The monoisotopic (exact) mass is 286 g/mol. The van der Waals surface area contributed by atoms with Crippen LogP contribution in [0, 0.1) is 0 Å². The summed E-state index contributed by atoms with van der Waals surface area (Å²) >= 11 is 0. The zero-order valence-electron chi connectivity index (χ0n) is 10.9. The first-order chi connectivity index (χ1) is 9.32. The van der Waals surface area contributed by atoms with Gasteiger partial charge in [-0.3, -0.25) is 14.4 Å². The average molecular weight is 286 g/mol. The average Bonchev–Trinajstić information content (AvgIpc) is 2.83. The SMILES string of the molecule is NC(=O)C[C@H](N)C(=O)NCC(=O)N1CCC[C@@H]1C(=O)O. The summed E-state index contributed by atoms with van der Waals surface area (Å²) in [5.74, 6) is -2.95. The molecule has 0 bridgehead atoms. The lowest BCUT2D eigenvalue weighted by Crippen LogP contribution is -2.49. The number of carboxylic acids is 1. The lowest BCUT2D eigenvalue weighted by Gasteiger charge is -2.21. The predicted molar refractivity (Wildman–Crippen MR) is 67.2 cm³/mol. The summed E-state index contributed by atoms with van der Waals surface area (Å²) in [6.45, 7) is -0.00587. The number of rotatable bonds is 6. The summed E-state index contributed by atoms with van der Waals surface area (Å²) in [4.78, 5) is 46.1. The second-order valence-corrected chi connectivity index (χ2v) is 4.58. The molecule has 1 fully saturated rings. The van der Waals surface area contributed by atoms with Crippen molar-refractivity contribution in [2.24, 2.45) is 11.5 Å². The molecule has 0 aliphatic carbocycles. The molecule has 9 heteroatoms. The van der Waals surface area contributed by atoms with Crippen molar-refractivity contribution < 1.29 is 24.3 Å². The van der Waals surface area contributed by atoms with Crippen molar-refractivity contribution in [1.29, 1.82) is 0 Å². The number of nitrogens with two attached hydrogens (primary N) is 2. The number of aliphatic carboxylic acids is 1. The molecule has 3 amide bonds. The molecule has 0 aromatic carbocycles. The summed E-state index contributed by atoms with van der Waals surface area (Å²) in [5, 5.41) is 11.2. The Morgan fingerprint density at radius 2 is 2.00 bits per heavy atom. The number of carbonyl (C=O) groups is 4. The van der Waals surface area contributed by atoms with Crippen LogP contribution in [0.1, 0.15) is 19.3 Å². The number of nitrogens with one attached hydrogen (secondary N) is 1. The van der Waals surface area contributed by atoms with E-state index in [0.29, 0.717) is 19.4 Å². The molecule has 0 saturated carbocycles. The van der Waals surface area contributed by atoms with Crippen LogP contribution < -0.4 is 16.8 Å². The fraction of sp³-hybridized carbons (Fsp3) is 0.636. The molecule has 1 aliphatic rings. The van der Waals surface area contributed by atoms with E-state index in [1.807, 2.05) is 0 Å². The highest BCUT2D eigenvalue weighted by Gasteiger charge is 2.33. The largest absolute Gasteiger partial charge is 0.480 e. The van der Waals surface area contributed by atoms with Crippen LogP contribution in [0.4, 0.5) is 0 Å². The molecule has 20 heavy (non-hydrogen) atoms. The summed E-state index contributed by atoms with van der Waals surface area (Å²) in [7, 11) is 0. The highest BCUT2D eigenvalue weighted by Crippen LogP contribution is 2.17. The van der Waals surface area contributed by atoms with Gasteiger partial charge in [0.1, 0.15) is 6.04 Å². The molecule has 6 N–H and O–H groups in total. The van der Waals surface area contributed by atoms with Crippen molar-refractivity contribution in [2.45, 2.75) is 31.3 Å². The molecular formula is C11H18N4O5. The zero-order valence-corrected chi connectivity index (χ0v) is 10.9. The standard InChI is InChI=1S/C11H18N4O5/c12-6(4-8(13)16)10(18)14-5-9(17)15-3-1-2-7(15)11(19)20/h6-7H,1-5,12H2,(H2,13,16)(H,14,18)(H,19,20)/t6-,7+/m0/s1. The van der Waals surface area contributed by atoms with Gasteiger partial charge in [0.25, 0.3) is 0 Å². The van der Waals surface area contributed by atoms with E-state index in [1.165, 1.54) is 4.90 Å². The molecule has 0 aromatic heterocycles. The Balaban J connectivity index is 2.45. The molecule has 112 valence electrons. The van der Waals surface area contributed by atoms with E-state index in [4.69, 9.17) is 16.6 Å². The normalized spacial score (nSPS) is 19.4. The number of likely N-dealkylation sites (tertiary alicyclic amines) is 1. The fourth-order valence-electron chi connectivity index (χ4n) is 2.03. The minimum absolute atomic E-state index is 0.318. The van der Waals surface area contributed by atoms with E-state index < -0.39 is 35.8 Å². The van der Waals surface area contributed by atoms with Gasteiger partial charge in [-0.15, -0.1) is 0 Å². The van der Waals surface area contributed by atoms with Crippen LogP contribution in [0.5, 0.6) is 0 Å². The Labute approximate surface area is 115 Å². The van der Waals surface area contributed by atoms with E-state index in [-0.39, 0.29) is 13.0 Å². The Kier molecular flexibility index (Phi) is 5.44. The van der Waals surface area contributed by atoms with Gasteiger partial charge in [-0.1, -0.05) is 0 Å². The van der Waals surface area contributed by atoms with E-state index in [0.717, 1.165) is 0 Å². The molecule has 9 nitrogen and oxygen atoms in total. The van der Waals surface area contributed by atoms with E-state index in [1.54, 1.807) is 0 Å². The van der Waals surface area contributed by atoms with E-state index in [9.17, 15) is 19.2 Å². The molecular weight excluding hydrogens is 268 g/mol. The van der Waals surface area contributed by atoms with Crippen LogP contribution in [-0.4, -0.2) is 58.9 Å². The van der Waals surface area contributed by atoms with Crippen LogP contribution in [0.3, 0.4) is 0 Å². The smallest absolute Gasteiger partial charge is 0.326 e. The van der Waals surface area contributed by atoms with Crippen molar-refractivity contribution in [2.75, 3.05) is 13.1 Å². The van der Waals surface area contributed by atoms with Crippen LogP contribution in [0.15, 0.2) is 0 Å². The third kappa shape index (κ3) is 4.19. The van der Waals surface area contributed by atoms with Gasteiger partial charge in [0, 0.05) is 6.54 Å². The summed E-state index contributed by atoms with van der Waals surface area (Å²) in [6, 6.07) is -1.96. The van der Waals surface area contributed by atoms with Gasteiger partial charge in [-0.05, 0) is 12.8 Å². The van der Waals surface area contributed by atoms with Gasteiger partial charge in [-0.2, -0.15) is 0 Å². The maximum Gasteiger partial charge on any atom is 0.326 e. The number of carboxylic acid groups (broad SMARTS) is 1. The Morgan fingerprint density at radius 3 is 2.55 bits per heavy atom. The van der Waals surface area contributed by atoms with Crippen molar-refractivity contribution >= 4 is 23.7 Å². The first-order valence-electron chi connectivity index (χ1n) is 6.16. The van der Waals surface area contributed by atoms with Gasteiger partial charge < -0.3 is 26.8 Å². The van der Waals surface area contributed by atoms with Gasteiger partial charge in [0.05, 0.1) is 19.0 Å². The minimum Gasteiger partial charge on any atom is -0.480 e. The minimum atomic E-state index is -1.12. The number of hydrogen-bond donors (Lipinski definition) is 4. The quantitative estimate of drug-likeness (QED) is 0.419. The molecule has 2 atom stereocenters. The van der Waals surface area contributed by atoms with E-state index in [2.05, 4.69) is 5.32 Å². The topological polar surface area (TPSA) is 156 Å². The van der Waals surface area contributed by atoms with Gasteiger partial charge in [-0.25, -0.2) is 4.79 Å². The maximum atomic E-state index is 11.8. The van der Waals surface area contributed by atoms with Crippen molar-refractivity contribution in [3.8, 4) is 0 Å². The van der Waals surface area contributed by atoms with Crippen LogP contribution in [0.2, 0.25) is 0 Å². The summed E-state index contributed by atoms with van der Waals surface area (Å²) < 4.78 is 0. The van der Waals surface area contributed by atoms with Crippen LogP contribution in [0.25, 0.3) is 0 Å². The lowest BCUT2D eigenvalue weighted by molar-refractivity contribution is -0.148. The number of hydrogen-bond acceptors (Lipinski definition) is 5. The molecule has 0 spiro atoms. The van der Waals surface area contributed by atoms with Crippen LogP contribution >= 0.6 is 0 Å². The highest BCUT2D eigenvalue weighted by atomic mass is 16.4. The van der Waals surface area contributed by atoms with Crippen LogP contribution in [-0.2, 0) is 19.2 Å².